The number of aliphatic hydroxyl groups excluding tert-OH is 1. The number of aryl methyl sites for hydroxylation is 2. The Hall–Kier alpha value is -4.91. The van der Waals surface area contributed by atoms with Crippen molar-refractivity contribution < 1.29 is 43.2 Å². The second-order valence-corrected chi connectivity index (χ2v) is 11.5. The lowest BCUT2D eigenvalue weighted by Gasteiger charge is -2.47. The molecule has 1 saturated heterocycles. The van der Waals surface area contributed by atoms with Gasteiger partial charge in [-0.3, -0.25) is 4.79 Å². The van der Waals surface area contributed by atoms with Gasteiger partial charge in [-0.2, -0.15) is 0 Å². The number of hydrogen-bond acceptors (Lipinski definition) is 10. The van der Waals surface area contributed by atoms with Crippen LogP contribution in [0.25, 0.3) is 22.1 Å². The van der Waals surface area contributed by atoms with E-state index in [4.69, 9.17) is 29.1 Å². The van der Waals surface area contributed by atoms with Crippen LogP contribution >= 0.6 is 0 Å². The smallest absolute Gasteiger partial charge is 0.404 e. The molecule has 242 valence electrons. The molecule has 12 heteroatoms. The van der Waals surface area contributed by atoms with Crippen LogP contribution in [0.1, 0.15) is 42.3 Å². The molecule has 0 bridgehead atoms. The molecular weight excluding hydrogens is 596 g/mol. The first-order chi connectivity index (χ1) is 21.8. The fourth-order valence-corrected chi connectivity index (χ4v) is 5.63. The number of carbonyl (C=O) groups is 2. The van der Waals surface area contributed by atoms with Gasteiger partial charge in [0, 0.05) is 18.2 Å². The number of carbonyl (C=O) groups excluding carboxylic acids is 2. The highest BCUT2D eigenvalue weighted by Crippen LogP contribution is 2.38. The van der Waals surface area contributed by atoms with Crippen LogP contribution in [0.3, 0.4) is 0 Å². The minimum Gasteiger partial charge on any atom is -0.505 e. The Labute approximate surface area is 264 Å². The molecule has 1 fully saturated rings. The van der Waals surface area contributed by atoms with E-state index in [9.17, 15) is 24.6 Å². The number of hydrogen-bond donors (Lipinski definition) is 4. The number of amides is 2. The van der Waals surface area contributed by atoms with Crippen LogP contribution < -0.4 is 21.4 Å². The Morgan fingerprint density at radius 1 is 1.07 bits per heavy atom. The van der Waals surface area contributed by atoms with E-state index in [2.05, 4.69) is 12.2 Å². The molecule has 3 aromatic carbocycles. The summed E-state index contributed by atoms with van der Waals surface area (Å²) in [6.45, 7) is 6.98. The molecule has 5 rings (SSSR count). The topological polar surface area (TPSA) is 180 Å². The molecule has 46 heavy (non-hydrogen) atoms. The molecule has 0 unspecified atom stereocenters. The Balaban J connectivity index is 1.41. The molecule has 0 radical (unpaired) electrons. The lowest BCUT2D eigenvalue weighted by atomic mass is 9.89. The summed E-state index contributed by atoms with van der Waals surface area (Å²) in [7, 11) is 1.38. The van der Waals surface area contributed by atoms with E-state index in [1.54, 1.807) is 39.0 Å². The van der Waals surface area contributed by atoms with Crippen molar-refractivity contribution in [3.63, 3.8) is 0 Å². The molecular formula is C34H36N2O10. The van der Waals surface area contributed by atoms with Crippen LogP contribution in [-0.4, -0.2) is 59.5 Å². The van der Waals surface area contributed by atoms with Gasteiger partial charge in [-0.15, -0.1) is 0 Å². The highest BCUT2D eigenvalue weighted by atomic mass is 16.7. The maximum Gasteiger partial charge on any atom is 0.404 e. The number of primary amides is 1. The molecule has 12 nitrogen and oxygen atoms in total. The summed E-state index contributed by atoms with van der Waals surface area (Å²) in [4.78, 5) is 37.8. The molecule has 0 saturated carbocycles. The van der Waals surface area contributed by atoms with Gasteiger partial charge in [0.1, 0.15) is 17.4 Å². The van der Waals surface area contributed by atoms with Crippen molar-refractivity contribution in [2.45, 2.75) is 64.3 Å². The Kier molecular flexibility index (Phi) is 9.06. The summed E-state index contributed by atoms with van der Waals surface area (Å²) in [6, 6.07) is 17.8. The normalized spacial score (nSPS) is 20.7. The average Bonchev–Trinajstić information content (AvgIpc) is 3.02. The van der Waals surface area contributed by atoms with Crippen LogP contribution in [0.2, 0.25) is 0 Å². The zero-order valence-electron chi connectivity index (χ0n) is 26.0. The highest BCUT2D eigenvalue weighted by Gasteiger charge is 2.53. The van der Waals surface area contributed by atoms with Crippen molar-refractivity contribution in [2.75, 3.05) is 12.4 Å². The van der Waals surface area contributed by atoms with E-state index in [-0.39, 0.29) is 22.3 Å². The summed E-state index contributed by atoms with van der Waals surface area (Å²) < 4.78 is 28.0. The lowest BCUT2D eigenvalue weighted by molar-refractivity contribution is -0.304. The number of anilines is 1. The number of methoxy groups -OCH3 is 1. The highest BCUT2D eigenvalue weighted by molar-refractivity contribution is 6.07. The van der Waals surface area contributed by atoms with Crippen LogP contribution in [0.4, 0.5) is 10.5 Å². The Morgan fingerprint density at radius 3 is 2.43 bits per heavy atom. The van der Waals surface area contributed by atoms with E-state index in [1.165, 1.54) is 24.8 Å². The number of benzene rings is 3. The maximum atomic E-state index is 13.2. The van der Waals surface area contributed by atoms with E-state index in [1.807, 2.05) is 30.3 Å². The standard InChI is InChI=1S/C34H36N2O10/c1-6-18-10-12-19(13-11-18)20-8-7-9-21(16-20)30(39)36-24-25(37)22-14-15-23(17(2)27(22)44-31(24)40)43-32-26(38)28(45-33(35)41)29(42-5)34(3,4)46-32/h7-16,26,28-29,32,37-38H,6H2,1-5H3,(H2,35,41)(H,36,39)/t26-,28+,29-,32-/m1/s1. The Morgan fingerprint density at radius 2 is 1.78 bits per heavy atom. The zero-order chi connectivity index (χ0) is 33.3. The zero-order valence-corrected chi connectivity index (χ0v) is 26.0. The third kappa shape index (κ3) is 6.27. The fourth-order valence-electron chi connectivity index (χ4n) is 5.63. The summed E-state index contributed by atoms with van der Waals surface area (Å²) in [5.74, 6) is -0.962. The van der Waals surface area contributed by atoms with Gasteiger partial charge in [0.05, 0.1) is 11.0 Å². The van der Waals surface area contributed by atoms with Crippen LogP contribution in [0.15, 0.2) is 69.9 Å². The molecule has 4 aromatic rings. The van der Waals surface area contributed by atoms with Crippen molar-refractivity contribution in [3.05, 3.63) is 87.8 Å². The number of nitrogens with one attached hydrogen (secondary N) is 1. The van der Waals surface area contributed by atoms with Gasteiger partial charge in [0.15, 0.2) is 23.6 Å². The first kappa shape index (κ1) is 32.5. The van der Waals surface area contributed by atoms with E-state index in [0.717, 1.165) is 17.5 Å². The van der Waals surface area contributed by atoms with E-state index < -0.39 is 59.3 Å². The van der Waals surface area contributed by atoms with Crippen LogP contribution in [0.5, 0.6) is 11.5 Å². The molecule has 0 aliphatic carbocycles. The van der Waals surface area contributed by atoms with Gasteiger partial charge in [-0.1, -0.05) is 43.3 Å². The number of aromatic hydroxyl groups is 1. The van der Waals surface area contributed by atoms with Gasteiger partial charge in [-0.05, 0) is 68.1 Å². The molecule has 1 aliphatic rings. The monoisotopic (exact) mass is 632 g/mol. The van der Waals surface area contributed by atoms with Crippen LogP contribution in [0, 0.1) is 6.92 Å². The summed E-state index contributed by atoms with van der Waals surface area (Å²) in [5.41, 5.74) is 6.21. The minimum absolute atomic E-state index is 0.0141. The average molecular weight is 633 g/mol. The molecule has 0 spiro atoms. The number of aliphatic hydroxyl groups is 1. The first-order valence-corrected chi connectivity index (χ1v) is 14.7. The van der Waals surface area contributed by atoms with Crippen LogP contribution in [-0.2, 0) is 20.6 Å². The molecule has 1 aliphatic heterocycles. The SMILES string of the molecule is CCc1ccc(-c2cccc(C(=O)Nc3c(O)c4ccc(O[C@@H]5OC(C)(C)[C@H](OC)[C@@H](OC(N)=O)[C@H]5O)c(C)c4oc3=O)c2)cc1. The third-order valence-electron chi connectivity index (χ3n) is 8.07. The number of ether oxygens (including phenoxy) is 4. The summed E-state index contributed by atoms with van der Waals surface area (Å²) in [6.07, 6.45) is -5.14. The largest absolute Gasteiger partial charge is 0.505 e. The van der Waals surface area contributed by atoms with E-state index >= 15 is 0 Å². The second-order valence-electron chi connectivity index (χ2n) is 11.5. The Bertz CT molecular complexity index is 1830. The van der Waals surface area contributed by atoms with Gasteiger partial charge in [0.25, 0.3) is 5.91 Å². The van der Waals surface area contributed by atoms with Gasteiger partial charge in [0.2, 0.25) is 6.29 Å². The predicted molar refractivity (Wildman–Crippen MR) is 169 cm³/mol. The summed E-state index contributed by atoms with van der Waals surface area (Å²) in [5, 5.41) is 24.7. The lowest BCUT2D eigenvalue weighted by Crippen LogP contribution is -2.65. The van der Waals surface area contributed by atoms with Crippen molar-refractivity contribution >= 4 is 28.7 Å². The van der Waals surface area contributed by atoms with E-state index in [0.29, 0.717) is 5.56 Å². The number of rotatable bonds is 8. The van der Waals surface area contributed by atoms with Gasteiger partial charge >= 0.3 is 11.7 Å². The third-order valence-corrected chi connectivity index (χ3v) is 8.07. The molecule has 2 heterocycles. The quantitative estimate of drug-likeness (QED) is 0.200. The fraction of sp³-hybridized carbons (Fsp3) is 0.324. The predicted octanol–water partition coefficient (Wildman–Crippen LogP) is 4.64. The number of fused-ring (bicyclic) bond motifs is 1. The molecule has 2 amide bonds. The number of nitrogens with two attached hydrogens (primary N) is 1. The van der Waals surface area contributed by atoms with Crippen molar-refractivity contribution in [1.29, 1.82) is 0 Å². The van der Waals surface area contributed by atoms with Crippen molar-refractivity contribution in [3.8, 4) is 22.6 Å². The van der Waals surface area contributed by atoms with Crippen molar-refractivity contribution in [1.82, 2.24) is 0 Å². The van der Waals surface area contributed by atoms with Crippen molar-refractivity contribution in [2.24, 2.45) is 5.73 Å². The molecule has 4 atom stereocenters. The molecule has 5 N–H and O–H groups in total. The second kappa shape index (κ2) is 12.8. The molecule has 1 aromatic heterocycles. The first-order valence-electron chi connectivity index (χ1n) is 14.7. The maximum absolute atomic E-state index is 13.2. The van der Waals surface area contributed by atoms with Gasteiger partial charge < -0.3 is 44.6 Å². The minimum atomic E-state index is -1.51. The summed E-state index contributed by atoms with van der Waals surface area (Å²) >= 11 is 0. The van der Waals surface area contributed by atoms with Gasteiger partial charge in [-0.25, -0.2) is 9.59 Å².